The van der Waals surface area contributed by atoms with Crippen molar-refractivity contribution in [1.29, 1.82) is 0 Å². The van der Waals surface area contributed by atoms with Crippen molar-refractivity contribution in [1.82, 2.24) is 14.9 Å². The largest absolute Gasteiger partial charge is 0.481 e. The third-order valence-corrected chi connectivity index (χ3v) is 5.81. The molecule has 2 atom stereocenters. The minimum absolute atomic E-state index is 0.148. The van der Waals surface area contributed by atoms with Gasteiger partial charge in [0.2, 0.25) is 5.91 Å². The van der Waals surface area contributed by atoms with Gasteiger partial charge in [-0.15, -0.1) is 0 Å². The highest BCUT2D eigenvalue weighted by atomic mass is 16.4. The Balaban J connectivity index is 1.97. The first-order chi connectivity index (χ1) is 16.2. The number of aromatic nitrogens is 2. The lowest BCUT2D eigenvalue weighted by atomic mass is 9.94. The van der Waals surface area contributed by atoms with Gasteiger partial charge in [0.05, 0.1) is 12.5 Å². The van der Waals surface area contributed by atoms with Crippen LogP contribution in [-0.4, -0.2) is 26.5 Å². The number of nitrogens with zero attached hydrogens (tertiary/aromatic N) is 2. The van der Waals surface area contributed by atoms with Gasteiger partial charge in [0, 0.05) is 30.2 Å². The second-order valence-electron chi connectivity index (χ2n) is 9.02. The van der Waals surface area contributed by atoms with E-state index < -0.39 is 24.0 Å². The van der Waals surface area contributed by atoms with Crippen LogP contribution in [0, 0.1) is 19.8 Å². The van der Waals surface area contributed by atoms with Crippen molar-refractivity contribution in [3.05, 3.63) is 88.1 Å². The third kappa shape index (κ3) is 5.98. The highest BCUT2D eigenvalue weighted by molar-refractivity contribution is 5.82. The lowest BCUT2D eigenvalue weighted by molar-refractivity contribution is -0.138. The lowest BCUT2D eigenvalue weighted by Crippen LogP contribution is -2.40. The van der Waals surface area contributed by atoms with Crippen LogP contribution >= 0.6 is 0 Å². The van der Waals surface area contributed by atoms with Crippen molar-refractivity contribution >= 4 is 11.9 Å². The van der Waals surface area contributed by atoms with Crippen molar-refractivity contribution in [2.24, 2.45) is 5.92 Å². The summed E-state index contributed by atoms with van der Waals surface area (Å²) >= 11 is 0. The number of aliphatic carboxylic acids is 1. The van der Waals surface area contributed by atoms with Crippen LogP contribution in [0.1, 0.15) is 55.5 Å². The first-order valence-corrected chi connectivity index (χ1v) is 11.4. The molecule has 0 saturated carbocycles. The number of hydrogen-bond acceptors (Lipinski definition) is 4. The van der Waals surface area contributed by atoms with Crippen LogP contribution in [0.25, 0.3) is 11.1 Å². The predicted molar refractivity (Wildman–Crippen MR) is 131 cm³/mol. The Kier molecular flexibility index (Phi) is 7.99. The number of rotatable bonds is 9. The van der Waals surface area contributed by atoms with Gasteiger partial charge in [-0.25, -0.2) is 0 Å². The Morgan fingerprint density at radius 2 is 1.76 bits per heavy atom. The summed E-state index contributed by atoms with van der Waals surface area (Å²) in [6, 6.07) is 11.1. The summed E-state index contributed by atoms with van der Waals surface area (Å²) in [6.07, 6.45) is 5.04. The predicted octanol–water partition coefficient (Wildman–Crippen LogP) is 4.45. The Hall–Kier alpha value is -3.74. The normalized spacial score (nSPS) is 12.9. The van der Waals surface area contributed by atoms with E-state index in [-0.39, 0.29) is 17.9 Å². The van der Waals surface area contributed by atoms with E-state index in [0.29, 0.717) is 12.0 Å². The molecule has 2 aromatic heterocycles. The van der Waals surface area contributed by atoms with Gasteiger partial charge in [0.1, 0.15) is 6.04 Å². The summed E-state index contributed by atoms with van der Waals surface area (Å²) in [7, 11) is 0. The van der Waals surface area contributed by atoms with Crippen molar-refractivity contribution in [2.45, 2.75) is 52.6 Å². The van der Waals surface area contributed by atoms with Crippen LogP contribution in [0.3, 0.4) is 0 Å². The molecule has 1 amide bonds. The second-order valence-corrected chi connectivity index (χ2v) is 9.02. The van der Waals surface area contributed by atoms with Crippen LogP contribution in [0.5, 0.6) is 0 Å². The van der Waals surface area contributed by atoms with Gasteiger partial charge in [-0.2, -0.15) is 0 Å². The zero-order valence-electron chi connectivity index (χ0n) is 20.0. The number of hydrogen-bond donors (Lipinski definition) is 2. The summed E-state index contributed by atoms with van der Waals surface area (Å²) in [5.74, 6) is -1.29. The maximum absolute atomic E-state index is 13.4. The number of aryl methyl sites for hydroxylation is 2. The van der Waals surface area contributed by atoms with Gasteiger partial charge in [0.15, 0.2) is 0 Å². The van der Waals surface area contributed by atoms with Crippen LogP contribution in [0.4, 0.5) is 0 Å². The lowest BCUT2D eigenvalue weighted by Gasteiger charge is -2.25. The molecule has 34 heavy (non-hydrogen) atoms. The number of carboxylic acids is 1. The molecule has 0 radical (unpaired) electrons. The van der Waals surface area contributed by atoms with Gasteiger partial charge < -0.3 is 15.0 Å². The molecule has 0 fully saturated rings. The monoisotopic (exact) mass is 461 g/mol. The molecule has 0 unspecified atom stereocenters. The second kappa shape index (κ2) is 10.9. The van der Waals surface area contributed by atoms with Crippen LogP contribution < -0.4 is 10.9 Å². The minimum Gasteiger partial charge on any atom is -0.481 e. The molecule has 7 heteroatoms. The smallest absolute Gasteiger partial charge is 0.305 e. The standard InChI is InChI=1S/C27H31N3O4/c1-17(2)12-23(30-11-6-5-10-24(30)31)27(34)29-22(14-25(32)33)20-13-21(16-28-15-20)26-18(3)8-7-9-19(26)4/h5-11,13,15-17,22-23H,12,14H2,1-4H3,(H,29,34)(H,32,33)/t22-,23-/m1/s1. The van der Waals surface area contributed by atoms with Crippen molar-refractivity contribution < 1.29 is 14.7 Å². The van der Waals surface area contributed by atoms with Gasteiger partial charge in [0.25, 0.3) is 5.56 Å². The summed E-state index contributed by atoms with van der Waals surface area (Å²) in [5.41, 5.74) is 4.37. The van der Waals surface area contributed by atoms with E-state index in [2.05, 4.69) is 10.3 Å². The fourth-order valence-corrected chi connectivity index (χ4v) is 4.24. The number of carboxylic acid groups (broad SMARTS) is 1. The molecule has 2 N–H and O–H groups in total. The molecule has 0 aliphatic carbocycles. The van der Waals surface area contributed by atoms with E-state index >= 15 is 0 Å². The molecule has 7 nitrogen and oxygen atoms in total. The highest BCUT2D eigenvalue weighted by Crippen LogP contribution is 2.29. The molecule has 0 spiro atoms. The van der Waals surface area contributed by atoms with E-state index in [4.69, 9.17) is 0 Å². The third-order valence-electron chi connectivity index (χ3n) is 5.81. The first-order valence-electron chi connectivity index (χ1n) is 11.4. The van der Waals surface area contributed by atoms with Gasteiger partial charge in [-0.3, -0.25) is 19.4 Å². The molecule has 3 rings (SSSR count). The number of amides is 1. The number of carbonyl (C=O) groups is 2. The van der Waals surface area contributed by atoms with Crippen molar-refractivity contribution in [3.63, 3.8) is 0 Å². The maximum atomic E-state index is 13.4. The summed E-state index contributed by atoms with van der Waals surface area (Å²) < 4.78 is 1.40. The van der Waals surface area contributed by atoms with Crippen LogP contribution in [0.15, 0.2) is 65.8 Å². The van der Waals surface area contributed by atoms with E-state index in [1.165, 1.54) is 10.6 Å². The van der Waals surface area contributed by atoms with E-state index in [0.717, 1.165) is 22.3 Å². The van der Waals surface area contributed by atoms with E-state index in [1.807, 2.05) is 52.0 Å². The molecule has 2 heterocycles. The zero-order chi connectivity index (χ0) is 24.8. The molecule has 0 saturated heterocycles. The molecule has 0 bridgehead atoms. The van der Waals surface area contributed by atoms with Gasteiger partial charge in [-0.05, 0) is 60.6 Å². The first kappa shape index (κ1) is 24.9. The Morgan fingerprint density at radius 1 is 1.06 bits per heavy atom. The summed E-state index contributed by atoms with van der Waals surface area (Å²) in [6.45, 7) is 7.97. The molecule has 3 aromatic rings. The average molecular weight is 462 g/mol. The molecule has 0 aliphatic heterocycles. The van der Waals surface area contributed by atoms with Gasteiger partial charge in [-0.1, -0.05) is 38.1 Å². The number of benzene rings is 1. The highest BCUT2D eigenvalue weighted by Gasteiger charge is 2.27. The van der Waals surface area contributed by atoms with E-state index in [9.17, 15) is 19.5 Å². The summed E-state index contributed by atoms with van der Waals surface area (Å²) in [4.78, 5) is 41.8. The number of carbonyl (C=O) groups excluding carboxylic acids is 1. The molecular formula is C27H31N3O4. The minimum atomic E-state index is -1.04. The molecule has 0 aliphatic rings. The van der Waals surface area contributed by atoms with Crippen molar-refractivity contribution in [3.8, 4) is 11.1 Å². The van der Waals surface area contributed by atoms with Crippen LogP contribution in [0.2, 0.25) is 0 Å². The maximum Gasteiger partial charge on any atom is 0.305 e. The fraction of sp³-hybridized carbons (Fsp3) is 0.333. The van der Waals surface area contributed by atoms with Crippen molar-refractivity contribution in [2.75, 3.05) is 0 Å². The quantitative estimate of drug-likeness (QED) is 0.490. The molecular weight excluding hydrogens is 430 g/mol. The zero-order valence-corrected chi connectivity index (χ0v) is 20.0. The molecule has 1 aromatic carbocycles. The average Bonchev–Trinajstić information content (AvgIpc) is 2.77. The number of pyridine rings is 2. The Labute approximate surface area is 199 Å². The Bertz CT molecular complexity index is 1210. The number of nitrogens with one attached hydrogen (secondary N) is 1. The summed E-state index contributed by atoms with van der Waals surface area (Å²) in [5, 5.41) is 12.4. The fourth-order valence-electron chi connectivity index (χ4n) is 4.24. The Morgan fingerprint density at radius 3 is 2.38 bits per heavy atom. The van der Waals surface area contributed by atoms with E-state index in [1.54, 1.807) is 30.7 Å². The SMILES string of the molecule is Cc1cccc(C)c1-c1cncc([C@@H](CC(=O)O)NC(=O)[C@@H](CC(C)C)n2ccccc2=O)c1. The van der Waals surface area contributed by atoms with Gasteiger partial charge >= 0.3 is 5.97 Å². The van der Waals surface area contributed by atoms with Crippen LogP contribution in [-0.2, 0) is 9.59 Å². The topological polar surface area (TPSA) is 101 Å². The molecule has 178 valence electrons.